The molecule has 0 unspecified atom stereocenters. The molecule has 1 amide bonds. The van der Waals surface area contributed by atoms with Crippen LogP contribution in [0.2, 0.25) is 0 Å². The molecule has 1 saturated carbocycles. The zero-order chi connectivity index (χ0) is 18.5. The quantitative estimate of drug-likeness (QED) is 0.782. The number of hydrogen-bond acceptors (Lipinski definition) is 4. The average molecular weight is 353 g/mol. The first-order chi connectivity index (χ1) is 12.3. The highest BCUT2D eigenvalue weighted by molar-refractivity contribution is 5.92. The molecule has 1 N–H and O–H groups in total. The first-order valence-corrected chi connectivity index (χ1v) is 8.65. The van der Waals surface area contributed by atoms with E-state index < -0.39 is 5.82 Å². The van der Waals surface area contributed by atoms with Gasteiger partial charge in [-0.1, -0.05) is 0 Å². The summed E-state index contributed by atoms with van der Waals surface area (Å²) in [4.78, 5) is 21.1. The zero-order valence-electron chi connectivity index (χ0n) is 15.0. The van der Waals surface area contributed by atoms with Crippen molar-refractivity contribution < 1.29 is 9.18 Å². The Morgan fingerprint density at radius 3 is 2.65 bits per heavy atom. The number of nitrogens with zero attached hydrogens (tertiary/aromatic N) is 4. The third-order valence-corrected chi connectivity index (χ3v) is 4.93. The molecule has 0 spiro atoms. The van der Waals surface area contributed by atoms with E-state index in [1.807, 2.05) is 26.8 Å². The fourth-order valence-electron chi connectivity index (χ4n) is 3.19. The molecule has 1 aliphatic carbocycles. The molecule has 134 valence electrons. The number of amides is 1. The monoisotopic (exact) mass is 353 g/mol. The third-order valence-electron chi connectivity index (χ3n) is 4.93. The van der Waals surface area contributed by atoms with Crippen molar-refractivity contribution in [2.45, 2.75) is 39.2 Å². The fourth-order valence-corrected chi connectivity index (χ4v) is 3.19. The normalized spacial score (nSPS) is 14.6. The molecule has 26 heavy (non-hydrogen) atoms. The van der Waals surface area contributed by atoms with Crippen molar-refractivity contribution in [1.29, 1.82) is 0 Å². The topological polar surface area (TPSA) is 72.2 Å². The second-order valence-electron chi connectivity index (χ2n) is 7.40. The van der Waals surface area contributed by atoms with Crippen molar-refractivity contribution in [1.82, 2.24) is 24.9 Å². The van der Waals surface area contributed by atoms with E-state index in [0.717, 1.165) is 30.1 Å². The number of carbonyl (C=O) groups is 1. The van der Waals surface area contributed by atoms with Crippen molar-refractivity contribution in [2.75, 3.05) is 0 Å². The number of pyridine rings is 1. The molecule has 6 nitrogen and oxygen atoms in total. The predicted molar refractivity (Wildman–Crippen MR) is 95.2 cm³/mol. The van der Waals surface area contributed by atoms with Gasteiger partial charge in [-0.15, -0.1) is 0 Å². The molecular formula is C19H20FN5O. The standard InChI is InChI=1S/C19H20FN5O/c1-11-8-15(14-7-6-13(20)9-21-14)24-25-16(11)10-22-17(25)18(26)23-19(2,3)12-4-5-12/h6-10,12H,4-5H2,1-3H3,(H,23,26). The second-order valence-corrected chi connectivity index (χ2v) is 7.40. The molecule has 0 radical (unpaired) electrons. The van der Waals surface area contributed by atoms with Crippen LogP contribution in [0.1, 0.15) is 42.9 Å². The molecule has 3 heterocycles. The van der Waals surface area contributed by atoms with Crippen LogP contribution in [0.25, 0.3) is 16.9 Å². The van der Waals surface area contributed by atoms with E-state index >= 15 is 0 Å². The maximum absolute atomic E-state index is 13.1. The SMILES string of the molecule is Cc1cc(-c2ccc(F)cn2)nn2c(C(=O)NC(C)(C)C3CC3)ncc12. The van der Waals surface area contributed by atoms with E-state index in [2.05, 4.69) is 20.4 Å². The lowest BCUT2D eigenvalue weighted by Gasteiger charge is -2.25. The van der Waals surface area contributed by atoms with Crippen LogP contribution in [0.15, 0.2) is 30.6 Å². The lowest BCUT2D eigenvalue weighted by Crippen LogP contribution is -2.45. The summed E-state index contributed by atoms with van der Waals surface area (Å²) in [7, 11) is 0. The number of nitrogens with one attached hydrogen (secondary N) is 1. The minimum Gasteiger partial charge on any atom is -0.344 e. The Morgan fingerprint density at radius 2 is 2.00 bits per heavy atom. The highest BCUT2D eigenvalue weighted by atomic mass is 19.1. The lowest BCUT2D eigenvalue weighted by atomic mass is 9.99. The van der Waals surface area contributed by atoms with E-state index in [4.69, 9.17) is 0 Å². The summed E-state index contributed by atoms with van der Waals surface area (Å²) < 4.78 is 14.7. The van der Waals surface area contributed by atoms with Crippen molar-refractivity contribution in [2.24, 2.45) is 5.92 Å². The van der Waals surface area contributed by atoms with Crippen molar-refractivity contribution in [3.8, 4) is 11.4 Å². The van der Waals surface area contributed by atoms with E-state index in [9.17, 15) is 9.18 Å². The van der Waals surface area contributed by atoms with Crippen LogP contribution >= 0.6 is 0 Å². The lowest BCUT2D eigenvalue weighted by molar-refractivity contribution is 0.0890. The Morgan fingerprint density at radius 1 is 1.23 bits per heavy atom. The zero-order valence-corrected chi connectivity index (χ0v) is 15.0. The Bertz CT molecular complexity index is 989. The third kappa shape index (κ3) is 2.94. The Balaban J connectivity index is 1.74. The number of aryl methyl sites for hydroxylation is 1. The molecule has 7 heteroatoms. The minimum atomic E-state index is -0.406. The predicted octanol–water partition coefficient (Wildman–Crippen LogP) is 3.16. The van der Waals surface area contributed by atoms with Gasteiger partial charge in [0, 0.05) is 5.54 Å². The van der Waals surface area contributed by atoms with Gasteiger partial charge in [-0.2, -0.15) is 5.10 Å². The van der Waals surface area contributed by atoms with Crippen LogP contribution in [0.4, 0.5) is 4.39 Å². The smallest absolute Gasteiger partial charge is 0.289 e. The summed E-state index contributed by atoms with van der Waals surface area (Å²) in [5, 5.41) is 7.59. The first kappa shape index (κ1) is 16.6. The van der Waals surface area contributed by atoms with Gasteiger partial charge >= 0.3 is 0 Å². The van der Waals surface area contributed by atoms with Crippen molar-refractivity contribution in [3.05, 3.63) is 47.8 Å². The molecule has 0 bridgehead atoms. The molecule has 0 aliphatic heterocycles. The molecule has 0 atom stereocenters. The highest BCUT2D eigenvalue weighted by Gasteiger charge is 2.39. The van der Waals surface area contributed by atoms with Crippen molar-refractivity contribution >= 4 is 11.4 Å². The van der Waals surface area contributed by atoms with Gasteiger partial charge in [-0.05, 0) is 63.3 Å². The number of aromatic nitrogens is 4. The van der Waals surface area contributed by atoms with Gasteiger partial charge in [0.2, 0.25) is 5.82 Å². The molecule has 3 aromatic rings. The largest absolute Gasteiger partial charge is 0.344 e. The molecule has 0 aromatic carbocycles. The van der Waals surface area contributed by atoms with Gasteiger partial charge in [0.05, 0.1) is 23.6 Å². The maximum Gasteiger partial charge on any atom is 0.289 e. The van der Waals surface area contributed by atoms with Gasteiger partial charge in [0.25, 0.3) is 5.91 Å². The number of halogens is 1. The van der Waals surface area contributed by atoms with Gasteiger partial charge in [-0.3, -0.25) is 9.78 Å². The van der Waals surface area contributed by atoms with Crippen LogP contribution in [0, 0.1) is 18.7 Å². The van der Waals surface area contributed by atoms with E-state index in [-0.39, 0.29) is 17.3 Å². The number of hydrogen-bond donors (Lipinski definition) is 1. The van der Waals surface area contributed by atoms with Gasteiger partial charge in [0.15, 0.2) is 0 Å². The summed E-state index contributed by atoms with van der Waals surface area (Å²) >= 11 is 0. The van der Waals surface area contributed by atoms with Crippen molar-refractivity contribution in [3.63, 3.8) is 0 Å². The van der Waals surface area contributed by atoms with Gasteiger partial charge < -0.3 is 5.32 Å². The summed E-state index contributed by atoms with van der Waals surface area (Å²) in [5.41, 5.74) is 2.49. The second kappa shape index (κ2) is 5.86. The Kier molecular flexibility index (Phi) is 3.75. The number of rotatable bonds is 4. The summed E-state index contributed by atoms with van der Waals surface area (Å²) in [6.07, 6.45) is 5.06. The van der Waals surface area contributed by atoms with Gasteiger partial charge in [0.1, 0.15) is 11.5 Å². The minimum absolute atomic E-state index is 0.237. The summed E-state index contributed by atoms with van der Waals surface area (Å²) in [5.74, 6) is 0.0849. The molecular weight excluding hydrogens is 333 g/mol. The van der Waals surface area contributed by atoms with Crippen LogP contribution in [0.3, 0.4) is 0 Å². The molecule has 4 rings (SSSR count). The van der Waals surface area contributed by atoms with Crippen LogP contribution < -0.4 is 5.32 Å². The number of carbonyl (C=O) groups excluding carboxylic acids is 1. The molecule has 1 fully saturated rings. The number of imidazole rings is 1. The van der Waals surface area contributed by atoms with Gasteiger partial charge in [-0.25, -0.2) is 13.9 Å². The van der Waals surface area contributed by atoms with E-state index in [1.165, 1.54) is 10.6 Å². The molecule has 3 aromatic heterocycles. The summed E-state index contributed by atoms with van der Waals surface area (Å²) in [6.45, 7) is 5.98. The van der Waals surface area contributed by atoms with Crippen LogP contribution in [-0.4, -0.2) is 31.0 Å². The average Bonchev–Trinajstić information content (AvgIpc) is 3.36. The highest BCUT2D eigenvalue weighted by Crippen LogP contribution is 2.39. The van der Waals surface area contributed by atoms with Crippen LogP contribution in [-0.2, 0) is 0 Å². The molecule has 1 aliphatic rings. The van der Waals surface area contributed by atoms with E-state index in [1.54, 1.807) is 12.3 Å². The Hall–Kier alpha value is -2.83. The maximum atomic E-state index is 13.1. The number of fused-ring (bicyclic) bond motifs is 1. The van der Waals surface area contributed by atoms with E-state index in [0.29, 0.717) is 17.3 Å². The first-order valence-electron chi connectivity index (χ1n) is 8.65. The fraction of sp³-hybridized carbons (Fsp3) is 0.368. The molecule has 0 saturated heterocycles. The summed E-state index contributed by atoms with van der Waals surface area (Å²) in [6, 6.07) is 4.76. The Labute approximate surface area is 150 Å². The van der Waals surface area contributed by atoms with Crippen LogP contribution in [0.5, 0.6) is 0 Å².